The van der Waals surface area contributed by atoms with E-state index in [0.29, 0.717) is 5.69 Å². The number of hydrogen-bond donors (Lipinski definition) is 0. The third-order valence-electron chi connectivity index (χ3n) is 4.27. The van der Waals surface area contributed by atoms with E-state index in [9.17, 15) is 14.4 Å². The summed E-state index contributed by atoms with van der Waals surface area (Å²) in [4.78, 5) is 38.3. The molecule has 24 heavy (non-hydrogen) atoms. The largest absolute Gasteiger partial charge is 0.340 e. The highest BCUT2D eigenvalue weighted by Crippen LogP contribution is 2.20. The van der Waals surface area contributed by atoms with Crippen LogP contribution in [0.25, 0.3) is 10.9 Å². The minimum Gasteiger partial charge on any atom is -0.340 e. The summed E-state index contributed by atoms with van der Waals surface area (Å²) in [7, 11) is 6.27. The predicted octanol–water partition coefficient (Wildman–Crippen LogP) is 0.852. The maximum atomic E-state index is 12.9. The first kappa shape index (κ1) is 15.8. The van der Waals surface area contributed by atoms with Gasteiger partial charge in [0.25, 0.3) is 11.5 Å². The number of anilines is 1. The first-order valence-electron chi connectivity index (χ1n) is 7.42. The summed E-state index contributed by atoms with van der Waals surface area (Å²) in [6.45, 7) is 0. The van der Waals surface area contributed by atoms with Crippen LogP contribution in [0.5, 0.6) is 0 Å². The Balaban J connectivity index is 2.12. The molecule has 1 amide bonds. The van der Waals surface area contributed by atoms with Gasteiger partial charge in [-0.25, -0.2) is 4.79 Å². The average Bonchev–Trinajstić information content (AvgIpc) is 2.92. The maximum Gasteiger partial charge on any atom is 0.330 e. The summed E-state index contributed by atoms with van der Waals surface area (Å²) in [6, 6.07) is 9.46. The molecule has 0 fully saturated rings. The molecule has 3 rings (SSSR count). The standard InChI is InChI=1S/C17H18N4O3/c1-18-10-14(16(23)21(4)17(18)24)20(3)15(22)13-9-11-7-5-6-8-12(11)19(13)2/h5-10H,1-4H3. The van der Waals surface area contributed by atoms with Gasteiger partial charge in [-0.1, -0.05) is 18.2 Å². The van der Waals surface area contributed by atoms with Crippen molar-refractivity contribution >= 4 is 22.5 Å². The van der Waals surface area contributed by atoms with Gasteiger partial charge in [0.2, 0.25) is 0 Å². The van der Waals surface area contributed by atoms with Gasteiger partial charge in [-0.15, -0.1) is 0 Å². The molecule has 124 valence electrons. The molecule has 0 aliphatic rings. The van der Waals surface area contributed by atoms with Gasteiger partial charge in [-0.05, 0) is 12.1 Å². The Kier molecular flexibility index (Phi) is 3.63. The second kappa shape index (κ2) is 5.52. The molecule has 1 aromatic carbocycles. The van der Waals surface area contributed by atoms with Crippen LogP contribution in [0.15, 0.2) is 46.1 Å². The van der Waals surface area contributed by atoms with Crippen molar-refractivity contribution in [1.82, 2.24) is 13.7 Å². The lowest BCUT2D eigenvalue weighted by molar-refractivity contribution is 0.0985. The SMILES string of the molecule is CN(C(=O)c1cc2ccccc2n1C)c1cn(C)c(=O)n(C)c1=O. The number of aromatic nitrogens is 3. The molecule has 7 heteroatoms. The van der Waals surface area contributed by atoms with E-state index in [-0.39, 0.29) is 11.6 Å². The molecule has 7 nitrogen and oxygen atoms in total. The van der Waals surface area contributed by atoms with Crippen LogP contribution in [0.4, 0.5) is 5.69 Å². The summed E-state index contributed by atoms with van der Waals surface area (Å²) < 4.78 is 4.06. The Labute approximate surface area is 138 Å². The monoisotopic (exact) mass is 326 g/mol. The first-order chi connectivity index (χ1) is 11.3. The van der Waals surface area contributed by atoms with Crippen LogP contribution in [0.2, 0.25) is 0 Å². The first-order valence-corrected chi connectivity index (χ1v) is 7.42. The highest BCUT2D eigenvalue weighted by Gasteiger charge is 2.21. The van der Waals surface area contributed by atoms with Crippen molar-refractivity contribution in [3.63, 3.8) is 0 Å². The number of benzene rings is 1. The highest BCUT2D eigenvalue weighted by molar-refractivity contribution is 6.07. The summed E-state index contributed by atoms with van der Waals surface area (Å²) >= 11 is 0. The summed E-state index contributed by atoms with van der Waals surface area (Å²) in [5.41, 5.74) is 0.606. The van der Waals surface area contributed by atoms with E-state index < -0.39 is 11.2 Å². The summed E-state index contributed by atoms with van der Waals surface area (Å²) in [6.07, 6.45) is 1.38. The third kappa shape index (κ3) is 2.25. The Bertz CT molecular complexity index is 1070. The van der Waals surface area contributed by atoms with E-state index in [4.69, 9.17) is 0 Å². The van der Waals surface area contributed by atoms with Crippen molar-refractivity contribution in [2.75, 3.05) is 11.9 Å². The van der Waals surface area contributed by atoms with Gasteiger partial charge in [0.15, 0.2) is 0 Å². The molecule has 0 saturated carbocycles. The van der Waals surface area contributed by atoms with Crippen molar-refractivity contribution in [3.05, 3.63) is 63.1 Å². The average molecular weight is 326 g/mol. The van der Waals surface area contributed by atoms with Crippen LogP contribution in [-0.4, -0.2) is 26.7 Å². The summed E-state index contributed by atoms with van der Waals surface area (Å²) in [5.74, 6) is -0.315. The summed E-state index contributed by atoms with van der Waals surface area (Å²) in [5, 5.41) is 0.949. The molecule has 0 bridgehead atoms. The molecule has 0 unspecified atom stereocenters. The van der Waals surface area contributed by atoms with Crippen molar-refractivity contribution in [2.24, 2.45) is 21.1 Å². The van der Waals surface area contributed by atoms with Gasteiger partial charge in [0, 0.05) is 45.3 Å². The zero-order chi connectivity index (χ0) is 17.6. The van der Waals surface area contributed by atoms with E-state index in [1.807, 2.05) is 31.3 Å². The molecule has 0 spiro atoms. The molecule has 0 atom stereocenters. The molecule has 0 saturated heterocycles. The maximum absolute atomic E-state index is 12.9. The third-order valence-corrected chi connectivity index (χ3v) is 4.27. The van der Waals surface area contributed by atoms with Gasteiger partial charge >= 0.3 is 5.69 Å². The van der Waals surface area contributed by atoms with Crippen LogP contribution >= 0.6 is 0 Å². The van der Waals surface area contributed by atoms with E-state index in [1.165, 1.54) is 29.8 Å². The molecule has 0 N–H and O–H groups in total. The number of amides is 1. The lowest BCUT2D eigenvalue weighted by Gasteiger charge is -2.18. The lowest BCUT2D eigenvalue weighted by Crippen LogP contribution is -2.41. The molecule has 3 aromatic rings. The van der Waals surface area contributed by atoms with Crippen molar-refractivity contribution in [3.8, 4) is 0 Å². The van der Waals surface area contributed by atoms with E-state index >= 15 is 0 Å². The highest BCUT2D eigenvalue weighted by atomic mass is 16.2. The molecular formula is C17H18N4O3. The normalized spacial score (nSPS) is 11.0. The van der Waals surface area contributed by atoms with Crippen molar-refractivity contribution < 1.29 is 4.79 Å². The van der Waals surface area contributed by atoms with Gasteiger partial charge in [-0.2, -0.15) is 0 Å². The predicted molar refractivity (Wildman–Crippen MR) is 92.6 cm³/mol. The molecule has 2 heterocycles. The molecular weight excluding hydrogens is 308 g/mol. The molecule has 0 aliphatic carbocycles. The van der Waals surface area contributed by atoms with Crippen LogP contribution in [0.3, 0.4) is 0 Å². The van der Waals surface area contributed by atoms with E-state index in [1.54, 1.807) is 17.7 Å². The van der Waals surface area contributed by atoms with Gasteiger partial charge in [-0.3, -0.25) is 14.2 Å². The number of rotatable bonds is 2. The Hall–Kier alpha value is -3.09. The van der Waals surface area contributed by atoms with Crippen LogP contribution in [0, 0.1) is 0 Å². The molecule has 0 aliphatic heterocycles. The van der Waals surface area contributed by atoms with Gasteiger partial charge < -0.3 is 14.0 Å². The lowest BCUT2D eigenvalue weighted by atomic mass is 10.2. The number of fused-ring (bicyclic) bond motifs is 1. The quantitative estimate of drug-likeness (QED) is 0.701. The van der Waals surface area contributed by atoms with Crippen molar-refractivity contribution in [2.45, 2.75) is 0 Å². The zero-order valence-electron chi connectivity index (χ0n) is 14.0. The fourth-order valence-electron chi connectivity index (χ4n) is 2.79. The van der Waals surface area contributed by atoms with E-state index in [2.05, 4.69) is 0 Å². The number of nitrogens with zero attached hydrogens (tertiary/aromatic N) is 4. The Morgan fingerprint density at radius 1 is 1.04 bits per heavy atom. The fraction of sp³-hybridized carbons (Fsp3) is 0.235. The van der Waals surface area contributed by atoms with Crippen LogP contribution in [0.1, 0.15) is 10.5 Å². The van der Waals surface area contributed by atoms with Gasteiger partial charge in [0.1, 0.15) is 11.4 Å². The molecule has 2 aromatic heterocycles. The van der Waals surface area contributed by atoms with Crippen LogP contribution < -0.4 is 16.1 Å². The number of carbonyl (C=O) groups is 1. The number of para-hydroxylation sites is 1. The zero-order valence-corrected chi connectivity index (χ0v) is 14.0. The smallest absolute Gasteiger partial charge is 0.330 e. The van der Waals surface area contributed by atoms with Gasteiger partial charge in [0.05, 0.1) is 0 Å². The Morgan fingerprint density at radius 3 is 2.38 bits per heavy atom. The second-order valence-electron chi connectivity index (χ2n) is 5.78. The molecule has 0 radical (unpaired) electrons. The minimum absolute atomic E-state index is 0.148. The Morgan fingerprint density at radius 2 is 1.71 bits per heavy atom. The number of aryl methyl sites for hydroxylation is 2. The number of hydrogen-bond acceptors (Lipinski definition) is 3. The fourth-order valence-corrected chi connectivity index (χ4v) is 2.79. The van der Waals surface area contributed by atoms with Crippen molar-refractivity contribution in [1.29, 1.82) is 0 Å². The minimum atomic E-state index is -0.507. The van der Waals surface area contributed by atoms with Crippen LogP contribution in [-0.2, 0) is 21.1 Å². The topological polar surface area (TPSA) is 69.2 Å². The second-order valence-corrected chi connectivity index (χ2v) is 5.78. The number of carbonyl (C=O) groups excluding carboxylic acids is 1. The van der Waals surface area contributed by atoms with E-state index in [0.717, 1.165) is 15.5 Å².